The summed E-state index contributed by atoms with van der Waals surface area (Å²) in [6.45, 7) is 0. The van der Waals surface area contributed by atoms with Gasteiger partial charge in [-0.05, 0) is 12.1 Å². The van der Waals surface area contributed by atoms with E-state index in [9.17, 15) is 4.79 Å². The normalized spacial score (nSPS) is 10.7. The first-order valence-corrected chi connectivity index (χ1v) is 5.45. The maximum absolute atomic E-state index is 12.1. The quantitative estimate of drug-likeness (QED) is 0.646. The molecule has 0 amide bonds. The van der Waals surface area contributed by atoms with E-state index in [2.05, 4.69) is 9.97 Å². The number of pyridine rings is 1. The molecule has 0 aliphatic carbocycles. The number of nitrogens with two attached hydrogens (primary N) is 1. The number of nitrogen functional groups attached to an aromatic ring is 1. The second kappa shape index (κ2) is 3.96. The molecular formula is C13H10N4O. The van der Waals surface area contributed by atoms with Gasteiger partial charge in [0, 0.05) is 11.8 Å². The fraction of sp³-hybridized carbons (Fsp3) is 0. The lowest BCUT2D eigenvalue weighted by atomic mass is 10.1. The Morgan fingerprint density at radius 2 is 1.83 bits per heavy atom. The van der Waals surface area contributed by atoms with Crippen LogP contribution in [-0.2, 0) is 0 Å². The van der Waals surface area contributed by atoms with E-state index in [-0.39, 0.29) is 5.56 Å². The van der Waals surface area contributed by atoms with Gasteiger partial charge in [-0.15, -0.1) is 0 Å². The molecule has 0 saturated heterocycles. The fourth-order valence-electron chi connectivity index (χ4n) is 1.82. The molecule has 1 aromatic carbocycles. The van der Waals surface area contributed by atoms with Crippen LogP contribution >= 0.6 is 0 Å². The van der Waals surface area contributed by atoms with Crippen molar-refractivity contribution in [2.24, 2.45) is 0 Å². The zero-order chi connectivity index (χ0) is 12.5. The molecule has 0 aliphatic rings. The molecule has 0 bridgehead atoms. The zero-order valence-corrected chi connectivity index (χ0v) is 9.45. The zero-order valence-electron chi connectivity index (χ0n) is 9.45. The number of benzene rings is 1. The van der Waals surface area contributed by atoms with E-state index >= 15 is 0 Å². The van der Waals surface area contributed by atoms with Gasteiger partial charge in [-0.1, -0.05) is 30.3 Å². The van der Waals surface area contributed by atoms with Gasteiger partial charge in [-0.3, -0.25) is 4.79 Å². The van der Waals surface area contributed by atoms with E-state index in [4.69, 9.17) is 5.84 Å². The molecule has 0 fully saturated rings. The van der Waals surface area contributed by atoms with Crippen molar-refractivity contribution >= 4 is 11.2 Å². The number of aromatic nitrogens is 3. The Bertz CT molecular complexity index is 765. The van der Waals surface area contributed by atoms with Crippen LogP contribution in [0.1, 0.15) is 0 Å². The molecule has 0 radical (unpaired) electrons. The summed E-state index contributed by atoms with van der Waals surface area (Å²) in [5.74, 6) is 5.76. The Kier molecular flexibility index (Phi) is 2.30. The molecule has 18 heavy (non-hydrogen) atoms. The molecule has 5 nitrogen and oxygen atoms in total. The molecule has 0 atom stereocenters. The highest BCUT2D eigenvalue weighted by Gasteiger charge is 2.10. The van der Waals surface area contributed by atoms with Crippen LogP contribution in [0.15, 0.2) is 53.5 Å². The van der Waals surface area contributed by atoms with Gasteiger partial charge in [0.05, 0.1) is 0 Å². The molecule has 0 saturated carbocycles. The molecule has 5 heteroatoms. The standard InChI is InChI=1S/C13H10N4O/c14-17-12-10(7-4-8-15-12)16-11(13(17)18)9-5-2-1-3-6-9/h1-8H,14H2. The molecular weight excluding hydrogens is 228 g/mol. The predicted octanol–water partition coefficient (Wildman–Crippen LogP) is 1.17. The highest BCUT2D eigenvalue weighted by molar-refractivity contribution is 5.74. The maximum Gasteiger partial charge on any atom is 0.297 e. The summed E-state index contributed by atoms with van der Waals surface area (Å²) in [7, 11) is 0. The molecule has 2 aromatic heterocycles. The van der Waals surface area contributed by atoms with Crippen LogP contribution in [0.2, 0.25) is 0 Å². The number of fused-ring (bicyclic) bond motifs is 1. The topological polar surface area (TPSA) is 73.8 Å². The Morgan fingerprint density at radius 1 is 1.06 bits per heavy atom. The minimum Gasteiger partial charge on any atom is -0.334 e. The van der Waals surface area contributed by atoms with Crippen LogP contribution in [0, 0.1) is 0 Å². The highest BCUT2D eigenvalue weighted by Crippen LogP contribution is 2.14. The largest absolute Gasteiger partial charge is 0.334 e. The van der Waals surface area contributed by atoms with Crippen LogP contribution < -0.4 is 11.4 Å². The second-order valence-electron chi connectivity index (χ2n) is 3.85. The molecule has 0 unspecified atom stereocenters. The summed E-state index contributed by atoms with van der Waals surface area (Å²) < 4.78 is 1.03. The summed E-state index contributed by atoms with van der Waals surface area (Å²) in [5, 5.41) is 0. The first-order chi connectivity index (χ1) is 8.77. The van der Waals surface area contributed by atoms with Crippen LogP contribution in [0.5, 0.6) is 0 Å². The smallest absolute Gasteiger partial charge is 0.297 e. The summed E-state index contributed by atoms with van der Waals surface area (Å²) in [5.41, 5.74) is 1.69. The predicted molar refractivity (Wildman–Crippen MR) is 69.4 cm³/mol. The summed E-state index contributed by atoms with van der Waals surface area (Å²) in [4.78, 5) is 20.5. The van der Waals surface area contributed by atoms with Crippen molar-refractivity contribution in [2.45, 2.75) is 0 Å². The van der Waals surface area contributed by atoms with Crippen molar-refractivity contribution in [1.29, 1.82) is 0 Å². The second-order valence-corrected chi connectivity index (χ2v) is 3.85. The molecule has 0 aliphatic heterocycles. The number of hydrogen-bond acceptors (Lipinski definition) is 4. The van der Waals surface area contributed by atoms with Crippen molar-refractivity contribution in [3.05, 3.63) is 59.0 Å². The van der Waals surface area contributed by atoms with E-state index in [1.54, 1.807) is 18.3 Å². The average molecular weight is 238 g/mol. The fourth-order valence-corrected chi connectivity index (χ4v) is 1.82. The van der Waals surface area contributed by atoms with Crippen molar-refractivity contribution in [1.82, 2.24) is 14.6 Å². The molecule has 88 valence electrons. The SMILES string of the molecule is Nn1c(=O)c(-c2ccccc2)nc2cccnc21. The molecule has 2 N–H and O–H groups in total. The van der Waals surface area contributed by atoms with Gasteiger partial charge >= 0.3 is 0 Å². The van der Waals surface area contributed by atoms with Gasteiger partial charge in [-0.2, -0.15) is 0 Å². The first kappa shape index (κ1) is 10.5. The van der Waals surface area contributed by atoms with E-state index in [1.807, 2.05) is 30.3 Å². The molecule has 2 heterocycles. The summed E-state index contributed by atoms with van der Waals surface area (Å²) in [6.07, 6.45) is 1.58. The lowest BCUT2D eigenvalue weighted by molar-refractivity contribution is 0.948. The third-order valence-corrected chi connectivity index (χ3v) is 2.70. The van der Waals surface area contributed by atoms with Gasteiger partial charge in [0.2, 0.25) is 0 Å². The third-order valence-electron chi connectivity index (χ3n) is 2.70. The number of rotatable bonds is 1. The van der Waals surface area contributed by atoms with Gasteiger partial charge in [0.1, 0.15) is 11.2 Å². The van der Waals surface area contributed by atoms with Crippen LogP contribution in [0.25, 0.3) is 22.4 Å². The average Bonchev–Trinajstić information content (AvgIpc) is 2.44. The minimum atomic E-state index is -0.354. The van der Waals surface area contributed by atoms with Crippen molar-refractivity contribution in [3.8, 4) is 11.3 Å². The third kappa shape index (κ3) is 1.53. The Hall–Kier alpha value is -2.69. The van der Waals surface area contributed by atoms with Crippen molar-refractivity contribution in [2.75, 3.05) is 5.84 Å². The molecule has 3 rings (SSSR count). The van der Waals surface area contributed by atoms with Crippen molar-refractivity contribution in [3.63, 3.8) is 0 Å². The van der Waals surface area contributed by atoms with Gasteiger partial charge < -0.3 is 5.84 Å². The van der Waals surface area contributed by atoms with Crippen LogP contribution in [0.3, 0.4) is 0 Å². The van der Waals surface area contributed by atoms with E-state index < -0.39 is 0 Å². The summed E-state index contributed by atoms with van der Waals surface area (Å²) in [6, 6.07) is 12.8. The van der Waals surface area contributed by atoms with Crippen LogP contribution in [-0.4, -0.2) is 14.6 Å². The van der Waals surface area contributed by atoms with Gasteiger partial charge in [-0.25, -0.2) is 14.6 Å². The first-order valence-electron chi connectivity index (χ1n) is 5.45. The minimum absolute atomic E-state index is 0.332. The maximum atomic E-state index is 12.1. The Balaban J connectivity index is 2.38. The van der Waals surface area contributed by atoms with Crippen LogP contribution in [0.4, 0.5) is 0 Å². The van der Waals surface area contributed by atoms with E-state index in [0.717, 1.165) is 10.2 Å². The Labute approximate surface area is 103 Å². The lowest BCUT2D eigenvalue weighted by Gasteiger charge is -2.06. The number of nitrogens with zero attached hydrogens (tertiary/aromatic N) is 3. The van der Waals surface area contributed by atoms with E-state index in [1.165, 1.54) is 0 Å². The number of hydrogen-bond donors (Lipinski definition) is 1. The lowest BCUT2D eigenvalue weighted by Crippen LogP contribution is -2.30. The van der Waals surface area contributed by atoms with E-state index in [0.29, 0.717) is 16.9 Å². The monoisotopic (exact) mass is 238 g/mol. The van der Waals surface area contributed by atoms with Crippen molar-refractivity contribution < 1.29 is 0 Å². The highest BCUT2D eigenvalue weighted by atomic mass is 16.1. The molecule has 3 aromatic rings. The molecule has 0 spiro atoms. The Morgan fingerprint density at radius 3 is 2.61 bits per heavy atom. The van der Waals surface area contributed by atoms with Gasteiger partial charge in [0.25, 0.3) is 5.56 Å². The summed E-state index contributed by atoms with van der Waals surface area (Å²) >= 11 is 0. The van der Waals surface area contributed by atoms with Gasteiger partial charge in [0.15, 0.2) is 5.65 Å².